The fraction of sp³-hybridized carbons (Fsp3) is 0.200. The van der Waals surface area contributed by atoms with Crippen molar-refractivity contribution >= 4 is 23.2 Å². The third kappa shape index (κ3) is 2.95. The van der Waals surface area contributed by atoms with Crippen LogP contribution >= 0.6 is 23.2 Å². The van der Waals surface area contributed by atoms with Crippen molar-refractivity contribution in [3.8, 4) is 0 Å². The molecular formula is C10H9Cl2N3O. The Balaban J connectivity index is 1.90. The summed E-state index contributed by atoms with van der Waals surface area (Å²) in [7, 11) is 0. The van der Waals surface area contributed by atoms with Gasteiger partial charge in [-0.15, -0.1) is 0 Å². The summed E-state index contributed by atoms with van der Waals surface area (Å²) in [6, 6.07) is 5.40. The molecule has 1 N–H and O–H groups in total. The summed E-state index contributed by atoms with van der Waals surface area (Å²) in [5.74, 6) is 0.616. The van der Waals surface area contributed by atoms with Gasteiger partial charge < -0.3 is 9.84 Å². The van der Waals surface area contributed by atoms with Crippen molar-refractivity contribution < 1.29 is 4.52 Å². The van der Waals surface area contributed by atoms with E-state index in [0.717, 1.165) is 5.56 Å². The average Bonchev–Trinajstić information content (AvgIpc) is 2.74. The van der Waals surface area contributed by atoms with E-state index < -0.39 is 0 Å². The Morgan fingerprint density at radius 1 is 1.25 bits per heavy atom. The second-order valence-electron chi connectivity index (χ2n) is 3.19. The Kier molecular flexibility index (Phi) is 3.77. The molecule has 84 valence electrons. The number of aromatic nitrogens is 2. The third-order valence-electron chi connectivity index (χ3n) is 2.02. The molecule has 0 aliphatic heterocycles. The summed E-state index contributed by atoms with van der Waals surface area (Å²) >= 11 is 11.8. The minimum Gasteiger partial charge on any atom is -0.343 e. The first-order valence-corrected chi connectivity index (χ1v) is 5.41. The molecule has 0 spiro atoms. The maximum Gasteiger partial charge on any atom is 0.213 e. The molecule has 0 radical (unpaired) electrons. The fourth-order valence-electron chi connectivity index (χ4n) is 1.24. The van der Waals surface area contributed by atoms with E-state index in [9.17, 15) is 0 Å². The molecule has 1 aromatic heterocycles. The van der Waals surface area contributed by atoms with E-state index in [1.54, 1.807) is 12.1 Å². The molecule has 0 unspecified atom stereocenters. The minimum absolute atomic E-state index is 0.537. The highest BCUT2D eigenvalue weighted by molar-refractivity contribution is 6.35. The summed E-state index contributed by atoms with van der Waals surface area (Å²) in [6.07, 6.45) is 1.30. The zero-order chi connectivity index (χ0) is 11.4. The molecule has 0 fully saturated rings. The van der Waals surface area contributed by atoms with Crippen molar-refractivity contribution in [2.24, 2.45) is 0 Å². The molecule has 1 heterocycles. The molecular weight excluding hydrogens is 249 g/mol. The van der Waals surface area contributed by atoms with E-state index in [-0.39, 0.29) is 0 Å². The summed E-state index contributed by atoms with van der Waals surface area (Å²) in [5, 5.41) is 8.11. The van der Waals surface area contributed by atoms with E-state index in [1.165, 1.54) is 6.39 Å². The predicted molar refractivity (Wildman–Crippen MR) is 61.3 cm³/mol. The normalized spacial score (nSPS) is 10.6. The third-order valence-corrected chi connectivity index (χ3v) is 2.61. The number of hydrogen-bond donors (Lipinski definition) is 1. The minimum atomic E-state index is 0.537. The van der Waals surface area contributed by atoms with Crippen molar-refractivity contribution in [2.45, 2.75) is 13.1 Å². The van der Waals surface area contributed by atoms with Crippen LogP contribution < -0.4 is 5.32 Å². The molecule has 0 bridgehead atoms. The van der Waals surface area contributed by atoms with Gasteiger partial charge in [0, 0.05) is 16.6 Å². The van der Waals surface area contributed by atoms with Gasteiger partial charge in [0.15, 0.2) is 5.82 Å². The average molecular weight is 258 g/mol. The van der Waals surface area contributed by atoms with E-state index in [2.05, 4.69) is 20.0 Å². The van der Waals surface area contributed by atoms with E-state index in [4.69, 9.17) is 23.2 Å². The van der Waals surface area contributed by atoms with Crippen molar-refractivity contribution in [2.75, 3.05) is 0 Å². The summed E-state index contributed by atoms with van der Waals surface area (Å²) in [6.45, 7) is 1.17. The van der Waals surface area contributed by atoms with Crippen LogP contribution in [0.1, 0.15) is 11.4 Å². The molecule has 1 aromatic carbocycles. The molecule has 0 saturated heterocycles. The van der Waals surface area contributed by atoms with Gasteiger partial charge in [-0.25, -0.2) is 0 Å². The predicted octanol–water partition coefficient (Wildman–Crippen LogP) is 2.67. The van der Waals surface area contributed by atoms with Crippen molar-refractivity contribution in [3.05, 3.63) is 46.0 Å². The maximum absolute atomic E-state index is 6.02. The molecule has 0 amide bonds. The number of rotatable bonds is 4. The number of nitrogens with zero attached hydrogens (tertiary/aromatic N) is 2. The van der Waals surface area contributed by atoms with Gasteiger partial charge in [-0.1, -0.05) is 34.4 Å². The van der Waals surface area contributed by atoms with Crippen molar-refractivity contribution in [1.29, 1.82) is 0 Å². The van der Waals surface area contributed by atoms with Crippen LogP contribution in [0.2, 0.25) is 10.0 Å². The van der Waals surface area contributed by atoms with Gasteiger partial charge in [-0.2, -0.15) is 4.98 Å². The Bertz CT molecular complexity index is 459. The van der Waals surface area contributed by atoms with Gasteiger partial charge in [0.05, 0.1) is 6.54 Å². The van der Waals surface area contributed by atoms with Crippen LogP contribution in [0.25, 0.3) is 0 Å². The van der Waals surface area contributed by atoms with E-state index in [0.29, 0.717) is 29.0 Å². The fourth-order valence-corrected chi connectivity index (χ4v) is 1.72. The van der Waals surface area contributed by atoms with Crippen LogP contribution in [0.15, 0.2) is 29.1 Å². The second kappa shape index (κ2) is 5.30. The van der Waals surface area contributed by atoms with Gasteiger partial charge in [0.25, 0.3) is 0 Å². The van der Waals surface area contributed by atoms with Crippen molar-refractivity contribution in [1.82, 2.24) is 15.5 Å². The lowest BCUT2D eigenvalue weighted by Crippen LogP contribution is -2.13. The lowest BCUT2D eigenvalue weighted by atomic mass is 10.2. The van der Waals surface area contributed by atoms with Crippen LogP contribution in [0, 0.1) is 0 Å². The van der Waals surface area contributed by atoms with Crippen LogP contribution in [-0.4, -0.2) is 10.1 Å². The summed E-state index contributed by atoms with van der Waals surface area (Å²) < 4.78 is 4.61. The first kappa shape index (κ1) is 11.4. The first-order valence-electron chi connectivity index (χ1n) is 4.65. The SMILES string of the molecule is Clc1ccc(CNCc2ncon2)c(Cl)c1. The van der Waals surface area contributed by atoms with Crippen LogP contribution in [0.5, 0.6) is 0 Å². The molecule has 0 aliphatic rings. The molecule has 16 heavy (non-hydrogen) atoms. The highest BCUT2D eigenvalue weighted by atomic mass is 35.5. The number of benzene rings is 1. The lowest BCUT2D eigenvalue weighted by molar-refractivity contribution is 0.407. The van der Waals surface area contributed by atoms with Gasteiger partial charge in [-0.3, -0.25) is 0 Å². The molecule has 4 nitrogen and oxygen atoms in total. The monoisotopic (exact) mass is 257 g/mol. The number of nitrogens with one attached hydrogen (secondary N) is 1. The highest BCUT2D eigenvalue weighted by Crippen LogP contribution is 2.20. The Labute approximate surface area is 103 Å². The van der Waals surface area contributed by atoms with Crippen molar-refractivity contribution in [3.63, 3.8) is 0 Å². The first-order chi connectivity index (χ1) is 7.75. The Morgan fingerprint density at radius 3 is 2.81 bits per heavy atom. The quantitative estimate of drug-likeness (QED) is 0.915. The van der Waals surface area contributed by atoms with E-state index >= 15 is 0 Å². The molecule has 6 heteroatoms. The van der Waals surface area contributed by atoms with Gasteiger partial charge in [-0.05, 0) is 17.7 Å². The smallest absolute Gasteiger partial charge is 0.213 e. The lowest BCUT2D eigenvalue weighted by Gasteiger charge is -2.05. The molecule has 0 atom stereocenters. The zero-order valence-electron chi connectivity index (χ0n) is 8.28. The highest BCUT2D eigenvalue weighted by Gasteiger charge is 2.02. The van der Waals surface area contributed by atoms with Crippen LogP contribution in [0.3, 0.4) is 0 Å². The summed E-state index contributed by atoms with van der Waals surface area (Å²) in [5.41, 5.74) is 0.981. The molecule has 2 aromatic rings. The largest absolute Gasteiger partial charge is 0.343 e. The molecule has 2 rings (SSSR count). The Morgan fingerprint density at radius 2 is 2.12 bits per heavy atom. The van der Waals surface area contributed by atoms with Gasteiger partial charge >= 0.3 is 0 Å². The number of halogens is 2. The second-order valence-corrected chi connectivity index (χ2v) is 4.03. The van der Waals surface area contributed by atoms with Gasteiger partial charge in [0.2, 0.25) is 6.39 Å². The Hall–Kier alpha value is -1.10. The maximum atomic E-state index is 6.02. The van der Waals surface area contributed by atoms with Crippen LogP contribution in [0.4, 0.5) is 0 Å². The zero-order valence-corrected chi connectivity index (χ0v) is 9.79. The topological polar surface area (TPSA) is 51.0 Å². The van der Waals surface area contributed by atoms with Gasteiger partial charge in [0.1, 0.15) is 0 Å². The number of hydrogen-bond acceptors (Lipinski definition) is 4. The summed E-state index contributed by atoms with van der Waals surface area (Å²) in [4.78, 5) is 3.89. The molecule has 0 aliphatic carbocycles. The standard InChI is InChI=1S/C10H9Cl2N3O/c11-8-2-1-7(9(12)3-8)4-13-5-10-14-6-16-15-10/h1-3,6,13H,4-5H2. The molecule has 0 saturated carbocycles. The van der Waals surface area contributed by atoms with E-state index in [1.807, 2.05) is 6.07 Å². The van der Waals surface area contributed by atoms with Crippen LogP contribution in [-0.2, 0) is 13.1 Å².